The molecule has 1 aliphatic rings. The van der Waals surface area contributed by atoms with E-state index in [9.17, 15) is 0 Å². The Morgan fingerprint density at radius 1 is 1.14 bits per heavy atom. The number of nitrogens with zero attached hydrogens (tertiary/aromatic N) is 2. The first-order chi connectivity index (χ1) is 10.2. The van der Waals surface area contributed by atoms with Crippen LogP contribution in [0.15, 0.2) is 6.33 Å². The molecule has 0 aromatic carbocycles. The van der Waals surface area contributed by atoms with E-state index in [4.69, 9.17) is 0 Å². The summed E-state index contributed by atoms with van der Waals surface area (Å²) in [4.78, 5) is 8.96. The molecule has 2 N–H and O–H groups in total. The number of rotatable bonds is 7. The molecule has 1 fully saturated rings. The van der Waals surface area contributed by atoms with Crippen LogP contribution in [0.2, 0.25) is 0 Å². The molecule has 1 aromatic rings. The van der Waals surface area contributed by atoms with Gasteiger partial charge in [0, 0.05) is 18.2 Å². The lowest BCUT2D eigenvalue weighted by Gasteiger charge is -2.28. The molecule has 0 saturated heterocycles. The Kier molecular flexibility index (Phi) is 6.27. The Labute approximate surface area is 129 Å². The molecular formula is C17H30N4. The van der Waals surface area contributed by atoms with Gasteiger partial charge >= 0.3 is 0 Å². The lowest BCUT2D eigenvalue weighted by atomic mass is 9.87. The van der Waals surface area contributed by atoms with Gasteiger partial charge in [-0.15, -0.1) is 0 Å². The molecule has 2 rings (SSSR count). The van der Waals surface area contributed by atoms with Gasteiger partial charge in [-0.25, -0.2) is 9.97 Å². The fourth-order valence-electron chi connectivity index (χ4n) is 3.18. The average Bonchev–Trinajstić information content (AvgIpc) is 2.48. The molecular weight excluding hydrogens is 260 g/mol. The standard InChI is InChI=1S/C17H30N4/c1-4-7-15-16(18-10-5-2)19-12-20-17(15)21-14-9-6-8-13(3)11-14/h12-14H,4-11H2,1-3H3,(H2,18,19,20,21). The fourth-order valence-corrected chi connectivity index (χ4v) is 3.18. The van der Waals surface area contributed by atoms with E-state index in [1.165, 1.54) is 31.2 Å². The van der Waals surface area contributed by atoms with Crippen molar-refractivity contribution in [2.45, 2.75) is 71.8 Å². The Morgan fingerprint density at radius 2 is 1.95 bits per heavy atom. The van der Waals surface area contributed by atoms with Crippen LogP contribution >= 0.6 is 0 Å². The van der Waals surface area contributed by atoms with E-state index in [1.54, 1.807) is 6.33 Å². The minimum atomic E-state index is 0.568. The molecule has 1 aromatic heterocycles. The molecule has 2 atom stereocenters. The van der Waals surface area contributed by atoms with Crippen molar-refractivity contribution in [3.8, 4) is 0 Å². The van der Waals surface area contributed by atoms with E-state index in [1.807, 2.05) is 0 Å². The number of anilines is 2. The second-order valence-electron chi connectivity index (χ2n) is 6.34. The average molecular weight is 290 g/mol. The van der Waals surface area contributed by atoms with Gasteiger partial charge in [0.1, 0.15) is 18.0 Å². The van der Waals surface area contributed by atoms with Crippen LogP contribution in [0.3, 0.4) is 0 Å². The van der Waals surface area contributed by atoms with E-state index >= 15 is 0 Å². The first-order valence-corrected chi connectivity index (χ1v) is 8.58. The predicted molar refractivity (Wildman–Crippen MR) is 89.9 cm³/mol. The molecule has 0 spiro atoms. The van der Waals surface area contributed by atoms with Crippen molar-refractivity contribution < 1.29 is 0 Å². The summed E-state index contributed by atoms with van der Waals surface area (Å²) >= 11 is 0. The van der Waals surface area contributed by atoms with Crippen LogP contribution in [-0.4, -0.2) is 22.6 Å². The van der Waals surface area contributed by atoms with Crippen molar-refractivity contribution in [2.75, 3.05) is 17.2 Å². The quantitative estimate of drug-likeness (QED) is 0.788. The molecule has 4 nitrogen and oxygen atoms in total. The lowest BCUT2D eigenvalue weighted by molar-refractivity contribution is 0.358. The van der Waals surface area contributed by atoms with Gasteiger partial charge in [-0.05, 0) is 31.6 Å². The molecule has 21 heavy (non-hydrogen) atoms. The Hall–Kier alpha value is -1.32. The number of hydrogen-bond acceptors (Lipinski definition) is 4. The monoisotopic (exact) mass is 290 g/mol. The second kappa shape index (κ2) is 8.20. The number of nitrogens with one attached hydrogen (secondary N) is 2. The third-order valence-electron chi connectivity index (χ3n) is 4.27. The summed E-state index contributed by atoms with van der Waals surface area (Å²) in [5.41, 5.74) is 1.26. The Balaban J connectivity index is 2.12. The fraction of sp³-hybridized carbons (Fsp3) is 0.765. The summed E-state index contributed by atoms with van der Waals surface area (Å²) < 4.78 is 0. The minimum Gasteiger partial charge on any atom is -0.370 e. The normalized spacial score (nSPS) is 22.0. The van der Waals surface area contributed by atoms with Crippen molar-refractivity contribution in [2.24, 2.45) is 5.92 Å². The molecule has 0 amide bonds. The third kappa shape index (κ3) is 4.58. The third-order valence-corrected chi connectivity index (χ3v) is 4.27. The highest BCUT2D eigenvalue weighted by Gasteiger charge is 2.20. The van der Waals surface area contributed by atoms with Gasteiger partial charge in [0.05, 0.1) is 0 Å². The van der Waals surface area contributed by atoms with Gasteiger partial charge in [-0.2, -0.15) is 0 Å². The van der Waals surface area contributed by atoms with Crippen LogP contribution < -0.4 is 10.6 Å². The zero-order valence-electron chi connectivity index (χ0n) is 13.8. The minimum absolute atomic E-state index is 0.568. The summed E-state index contributed by atoms with van der Waals surface area (Å²) in [6.07, 6.45) is 10.2. The first kappa shape index (κ1) is 16.1. The van der Waals surface area contributed by atoms with E-state index < -0.39 is 0 Å². The number of aromatic nitrogens is 2. The summed E-state index contributed by atoms with van der Waals surface area (Å²) in [6.45, 7) is 7.71. The van der Waals surface area contributed by atoms with E-state index in [2.05, 4.69) is 41.4 Å². The molecule has 0 bridgehead atoms. The summed E-state index contributed by atoms with van der Waals surface area (Å²) in [5, 5.41) is 7.13. The highest BCUT2D eigenvalue weighted by atomic mass is 15.1. The number of hydrogen-bond donors (Lipinski definition) is 2. The highest BCUT2D eigenvalue weighted by molar-refractivity contribution is 5.57. The Bertz CT molecular complexity index is 433. The first-order valence-electron chi connectivity index (χ1n) is 8.58. The maximum absolute atomic E-state index is 4.52. The molecule has 0 aliphatic heterocycles. The molecule has 1 aliphatic carbocycles. The Morgan fingerprint density at radius 3 is 2.67 bits per heavy atom. The van der Waals surface area contributed by atoms with Crippen LogP contribution in [0.1, 0.15) is 64.9 Å². The van der Waals surface area contributed by atoms with Gasteiger partial charge in [0.2, 0.25) is 0 Å². The van der Waals surface area contributed by atoms with Crippen molar-refractivity contribution in [3.05, 3.63) is 11.9 Å². The summed E-state index contributed by atoms with van der Waals surface area (Å²) in [6, 6.07) is 0.568. The van der Waals surface area contributed by atoms with Crippen molar-refractivity contribution in [1.29, 1.82) is 0 Å². The molecule has 4 heteroatoms. The van der Waals surface area contributed by atoms with Crippen molar-refractivity contribution >= 4 is 11.6 Å². The van der Waals surface area contributed by atoms with Gasteiger partial charge in [-0.3, -0.25) is 0 Å². The van der Waals surface area contributed by atoms with Gasteiger partial charge < -0.3 is 10.6 Å². The highest BCUT2D eigenvalue weighted by Crippen LogP contribution is 2.28. The van der Waals surface area contributed by atoms with Gasteiger partial charge in [-0.1, -0.05) is 40.0 Å². The zero-order valence-corrected chi connectivity index (χ0v) is 13.8. The van der Waals surface area contributed by atoms with Crippen LogP contribution in [-0.2, 0) is 6.42 Å². The molecule has 1 saturated carbocycles. The van der Waals surface area contributed by atoms with E-state index in [-0.39, 0.29) is 0 Å². The second-order valence-corrected chi connectivity index (χ2v) is 6.34. The van der Waals surface area contributed by atoms with E-state index in [0.717, 1.165) is 43.4 Å². The smallest absolute Gasteiger partial charge is 0.134 e. The summed E-state index contributed by atoms with van der Waals surface area (Å²) in [5.74, 6) is 2.88. The maximum Gasteiger partial charge on any atom is 0.134 e. The van der Waals surface area contributed by atoms with Crippen molar-refractivity contribution in [1.82, 2.24) is 9.97 Å². The van der Waals surface area contributed by atoms with E-state index in [0.29, 0.717) is 6.04 Å². The largest absolute Gasteiger partial charge is 0.370 e. The SMILES string of the molecule is CCCNc1ncnc(NC2CCCC(C)C2)c1CCC. The van der Waals surface area contributed by atoms with Crippen molar-refractivity contribution in [3.63, 3.8) is 0 Å². The zero-order chi connectivity index (χ0) is 15.1. The predicted octanol–water partition coefficient (Wildman–Crippen LogP) is 4.24. The molecule has 1 heterocycles. The summed E-state index contributed by atoms with van der Waals surface area (Å²) in [7, 11) is 0. The molecule has 118 valence electrons. The van der Waals surface area contributed by atoms with Gasteiger partial charge in [0.25, 0.3) is 0 Å². The van der Waals surface area contributed by atoms with Crippen LogP contribution in [0.5, 0.6) is 0 Å². The lowest BCUT2D eigenvalue weighted by Crippen LogP contribution is -2.27. The van der Waals surface area contributed by atoms with Crippen LogP contribution in [0.4, 0.5) is 11.6 Å². The molecule has 0 radical (unpaired) electrons. The maximum atomic E-state index is 4.52. The molecule has 2 unspecified atom stereocenters. The van der Waals surface area contributed by atoms with Crippen LogP contribution in [0.25, 0.3) is 0 Å². The van der Waals surface area contributed by atoms with Crippen LogP contribution in [0, 0.1) is 5.92 Å². The topological polar surface area (TPSA) is 49.8 Å². The van der Waals surface area contributed by atoms with Gasteiger partial charge in [0.15, 0.2) is 0 Å².